The summed E-state index contributed by atoms with van der Waals surface area (Å²) in [6, 6.07) is 25.3. The molecule has 6 heteroatoms. The lowest BCUT2D eigenvalue weighted by atomic mass is 10.1. The molecule has 0 N–H and O–H groups in total. The van der Waals surface area contributed by atoms with Crippen LogP contribution in [-0.4, -0.2) is 29.0 Å². The molecule has 4 aromatic rings. The molecule has 0 unspecified atom stereocenters. The van der Waals surface area contributed by atoms with Crippen molar-refractivity contribution in [2.75, 3.05) is 13.2 Å². The number of fused-ring (bicyclic) bond motifs is 1. The molecule has 0 aliphatic carbocycles. The van der Waals surface area contributed by atoms with E-state index in [9.17, 15) is 4.79 Å². The van der Waals surface area contributed by atoms with Crippen molar-refractivity contribution >= 4 is 5.97 Å². The second-order valence-electron chi connectivity index (χ2n) is 7.46. The fourth-order valence-electron chi connectivity index (χ4n) is 3.64. The van der Waals surface area contributed by atoms with Gasteiger partial charge in [0.2, 0.25) is 0 Å². The van der Waals surface area contributed by atoms with Gasteiger partial charge in [-0.25, -0.2) is 4.68 Å². The van der Waals surface area contributed by atoms with Crippen LogP contribution in [0.1, 0.15) is 11.1 Å². The molecule has 0 bridgehead atoms. The second kappa shape index (κ2) is 8.98. The summed E-state index contributed by atoms with van der Waals surface area (Å²) in [7, 11) is 0. The van der Waals surface area contributed by atoms with E-state index in [4.69, 9.17) is 19.3 Å². The van der Waals surface area contributed by atoms with Crippen molar-refractivity contribution in [3.05, 3.63) is 96.2 Å². The van der Waals surface area contributed by atoms with Crippen LogP contribution in [0.4, 0.5) is 0 Å². The number of hydrogen-bond donors (Lipinski definition) is 0. The van der Waals surface area contributed by atoms with Crippen LogP contribution in [0.15, 0.2) is 85.1 Å². The van der Waals surface area contributed by atoms with Crippen molar-refractivity contribution in [1.29, 1.82) is 0 Å². The molecule has 1 aromatic heterocycles. The van der Waals surface area contributed by atoms with E-state index in [1.54, 1.807) is 0 Å². The molecule has 2 heterocycles. The summed E-state index contributed by atoms with van der Waals surface area (Å²) in [6.07, 6.45) is 2.07. The molecular formula is C26H22N2O4. The fraction of sp³-hybridized carbons (Fsp3) is 0.154. The van der Waals surface area contributed by atoms with Crippen molar-refractivity contribution < 1.29 is 19.0 Å². The predicted molar refractivity (Wildman–Crippen MR) is 120 cm³/mol. The Kier molecular flexibility index (Phi) is 5.58. The van der Waals surface area contributed by atoms with Gasteiger partial charge >= 0.3 is 5.97 Å². The highest BCUT2D eigenvalue weighted by Crippen LogP contribution is 2.31. The van der Waals surface area contributed by atoms with Crippen LogP contribution in [0.2, 0.25) is 0 Å². The lowest BCUT2D eigenvalue weighted by molar-refractivity contribution is -0.144. The summed E-state index contributed by atoms with van der Waals surface area (Å²) in [5.74, 6) is 1.05. The normalized spacial score (nSPS) is 12.4. The van der Waals surface area contributed by atoms with E-state index in [-0.39, 0.29) is 19.0 Å². The minimum absolute atomic E-state index is 0.139. The van der Waals surface area contributed by atoms with Crippen LogP contribution >= 0.6 is 0 Å². The third-order valence-corrected chi connectivity index (χ3v) is 5.20. The molecule has 3 aromatic carbocycles. The maximum Gasteiger partial charge on any atom is 0.310 e. The van der Waals surface area contributed by atoms with Gasteiger partial charge < -0.3 is 14.2 Å². The van der Waals surface area contributed by atoms with Gasteiger partial charge in [0.25, 0.3) is 0 Å². The minimum Gasteiger partial charge on any atom is -0.486 e. The summed E-state index contributed by atoms with van der Waals surface area (Å²) in [5, 5.41) is 4.76. The first kappa shape index (κ1) is 19.9. The van der Waals surface area contributed by atoms with E-state index < -0.39 is 0 Å². The predicted octanol–water partition coefficient (Wildman–Crippen LogP) is 4.60. The summed E-state index contributed by atoms with van der Waals surface area (Å²) in [4.78, 5) is 12.6. The number of esters is 1. The Morgan fingerprint density at radius 2 is 1.62 bits per heavy atom. The molecule has 0 fully saturated rings. The Morgan fingerprint density at radius 1 is 0.906 bits per heavy atom. The quantitative estimate of drug-likeness (QED) is 0.422. The SMILES string of the molecule is O=C(Cc1ccc2c(c1)OCCO2)OCc1cn(-c2ccccc2)nc1-c1ccccc1. The monoisotopic (exact) mass is 426 g/mol. The molecule has 1 aliphatic rings. The van der Waals surface area contributed by atoms with E-state index in [1.807, 2.05) is 89.7 Å². The van der Waals surface area contributed by atoms with Gasteiger partial charge in [0.05, 0.1) is 17.8 Å². The lowest BCUT2D eigenvalue weighted by Gasteiger charge is -2.18. The Morgan fingerprint density at radius 3 is 2.41 bits per heavy atom. The van der Waals surface area contributed by atoms with Crippen LogP contribution in [0.3, 0.4) is 0 Å². The first-order chi connectivity index (χ1) is 15.8. The first-order valence-corrected chi connectivity index (χ1v) is 10.5. The Bertz CT molecular complexity index is 1220. The van der Waals surface area contributed by atoms with Gasteiger partial charge in [-0.3, -0.25) is 4.79 Å². The van der Waals surface area contributed by atoms with E-state index in [2.05, 4.69) is 0 Å². The van der Waals surface area contributed by atoms with E-state index in [0.717, 1.165) is 28.1 Å². The number of carbonyl (C=O) groups excluding carboxylic acids is 1. The van der Waals surface area contributed by atoms with Crippen LogP contribution in [0.25, 0.3) is 16.9 Å². The molecule has 6 nitrogen and oxygen atoms in total. The van der Waals surface area contributed by atoms with Gasteiger partial charge in [-0.1, -0.05) is 54.6 Å². The van der Waals surface area contributed by atoms with Gasteiger partial charge in [0.1, 0.15) is 19.8 Å². The molecule has 160 valence electrons. The molecule has 1 aliphatic heterocycles. The molecular weight excluding hydrogens is 404 g/mol. The van der Waals surface area contributed by atoms with Gasteiger partial charge in [0, 0.05) is 17.3 Å². The largest absolute Gasteiger partial charge is 0.486 e. The highest BCUT2D eigenvalue weighted by molar-refractivity contribution is 5.73. The zero-order valence-electron chi connectivity index (χ0n) is 17.4. The topological polar surface area (TPSA) is 62.6 Å². The Balaban J connectivity index is 1.33. The molecule has 0 saturated carbocycles. The van der Waals surface area contributed by atoms with Crippen LogP contribution < -0.4 is 9.47 Å². The number of hydrogen-bond acceptors (Lipinski definition) is 5. The third kappa shape index (κ3) is 4.34. The zero-order valence-corrected chi connectivity index (χ0v) is 17.4. The van der Waals surface area contributed by atoms with Gasteiger partial charge in [-0.2, -0.15) is 5.10 Å². The van der Waals surface area contributed by atoms with Crippen LogP contribution in [-0.2, 0) is 22.6 Å². The number of ether oxygens (including phenoxy) is 3. The standard InChI is InChI=1S/C26H22N2O4/c29-25(16-19-11-12-23-24(15-19)31-14-13-30-23)32-18-21-17-28(22-9-5-2-6-10-22)27-26(21)20-7-3-1-4-8-20/h1-12,15,17H,13-14,16,18H2. The van der Waals surface area contributed by atoms with Crippen LogP contribution in [0, 0.1) is 0 Å². The average molecular weight is 426 g/mol. The maximum atomic E-state index is 12.6. The van der Waals surface area contributed by atoms with Gasteiger partial charge in [-0.05, 0) is 29.8 Å². The van der Waals surface area contributed by atoms with Crippen LogP contribution in [0.5, 0.6) is 11.5 Å². The molecule has 0 radical (unpaired) electrons. The maximum absolute atomic E-state index is 12.6. The number of carbonyl (C=O) groups is 1. The highest BCUT2D eigenvalue weighted by Gasteiger charge is 2.16. The highest BCUT2D eigenvalue weighted by atomic mass is 16.6. The number of aromatic nitrogens is 2. The molecule has 0 saturated heterocycles. The summed E-state index contributed by atoms with van der Waals surface area (Å²) in [5.41, 5.74) is 4.37. The number of nitrogens with zero attached hydrogens (tertiary/aromatic N) is 2. The van der Waals surface area contributed by atoms with Gasteiger partial charge in [0.15, 0.2) is 11.5 Å². The van der Waals surface area contributed by atoms with E-state index in [0.29, 0.717) is 24.7 Å². The zero-order chi connectivity index (χ0) is 21.8. The van der Waals surface area contributed by atoms with Crippen molar-refractivity contribution in [3.63, 3.8) is 0 Å². The van der Waals surface area contributed by atoms with Crippen molar-refractivity contribution in [3.8, 4) is 28.4 Å². The number of rotatable bonds is 6. The number of para-hydroxylation sites is 1. The fourth-order valence-corrected chi connectivity index (χ4v) is 3.64. The van der Waals surface area contributed by atoms with Gasteiger partial charge in [-0.15, -0.1) is 0 Å². The summed E-state index contributed by atoms with van der Waals surface area (Å²) < 4.78 is 18.6. The number of benzene rings is 3. The second-order valence-corrected chi connectivity index (χ2v) is 7.46. The average Bonchev–Trinajstić information content (AvgIpc) is 3.28. The van der Waals surface area contributed by atoms with E-state index >= 15 is 0 Å². The van der Waals surface area contributed by atoms with E-state index in [1.165, 1.54) is 0 Å². The molecule has 0 amide bonds. The molecule has 0 atom stereocenters. The third-order valence-electron chi connectivity index (χ3n) is 5.20. The minimum atomic E-state index is -0.312. The Hall–Kier alpha value is -4.06. The molecule has 5 rings (SSSR count). The lowest BCUT2D eigenvalue weighted by Crippen LogP contribution is -2.16. The van der Waals surface area contributed by atoms with Crippen molar-refractivity contribution in [2.45, 2.75) is 13.0 Å². The molecule has 0 spiro atoms. The summed E-state index contributed by atoms with van der Waals surface area (Å²) in [6.45, 7) is 1.18. The summed E-state index contributed by atoms with van der Waals surface area (Å²) >= 11 is 0. The van der Waals surface area contributed by atoms with Crippen molar-refractivity contribution in [1.82, 2.24) is 9.78 Å². The Labute approximate surface area is 186 Å². The first-order valence-electron chi connectivity index (χ1n) is 10.5. The molecule has 32 heavy (non-hydrogen) atoms. The van der Waals surface area contributed by atoms with Crippen molar-refractivity contribution in [2.24, 2.45) is 0 Å². The smallest absolute Gasteiger partial charge is 0.310 e.